The van der Waals surface area contributed by atoms with E-state index >= 15 is 0 Å². The van der Waals surface area contributed by atoms with Crippen LogP contribution in [-0.4, -0.2) is 34.5 Å². The highest BCUT2D eigenvalue weighted by Crippen LogP contribution is 2.64. The van der Waals surface area contributed by atoms with Gasteiger partial charge < -0.3 is 9.84 Å². The van der Waals surface area contributed by atoms with Gasteiger partial charge in [0.2, 0.25) is 0 Å². The minimum atomic E-state index is -0.912. The highest BCUT2D eigenvalue weighted by molar-refractivity contribution is 6.15. The van der Waals surface area contributed by atoms with Gasteiger partial charge in [0, 0.05) is 12.3 Å². The van der Waals surface area contributed by atoms with Crippen LogP contribution in [-0.2, 0) is 14.3 Å². The maximum Gasteiger partial charge on any atom is 0.169 e. The number of hydrogen-bond acceptors (Lipinski definition) is 4. The molecule has 0 spiro atoms. The summed E-state index contributed by atoms with van der Waals surface area (Å²) >= 11 is 0. The molecule has 0 radical (unpaired) electrons. The van der Waals surface area contributed by atoms with E-state index < -0.39 is 17.1 Å². The molecule has 4 unspecified atom stereocenters. The maximum absolute atomic E-state index is 13.1. The number of ketones is 2. The smallest absolute Gasteiger partial charge is 0.169 e. The highest BCUT2D eigenvalue weighted by Gasteiger charge is 2.69. The lowest BCUT2D eigenvalue weighted by Gasteiger charge is -2.51. The first-order valence-corrected chi connectivity index (χ1v) is 9.19. The molecule has 2 saturated carbocycles. The third-order valence-electron chi connectivity index (χ3n) is 7.67. The number of ether oxygens (including phenoxy) is 1. The second kappa shape index (κ2) is 4.59. The van der Waals surface area contributed by atoms with Gasteiger partial charge in [0.1, 0.15) is 11.4 Å². The van der Waals surface area contributed by atoms with E-state index in [4.69, 9.17) is 4.74 Å². The topological polar surface area (TPSA) is 66.9 Å². The predicted molar refractivity (Wildman–Crippen MR) is 89.3 cm³/mol. The molecule has 1 aliphatic heterocycles. The molecule has 4 rings (SSSR count). The Morgan fingerprint density at radius 2 is 1.92 bits per heavy atom. The minimum absolute atomic E-state index is 0.0208. The van der Waals surface area contributed by atoms with Crippen molar-refractivity contribution in [2.45, 2.75) is 71.7 Å². The van der Waals surface area contributed by atoms with Gasteiger partial charge in [-0.05, 0) is 50.0 Å². The van der Waals surface area contributed by atoms with Crippen LogP contribution in [0, 0.1) is 28.6 Å². The molecule has 132 valence electrons. The second-order valence-electron chi connectivity index (χ2n) is 9.45. The summed E-state index contributed by atoms with van der Waals surface area (Å²) in [7, 11) is 0. The molecule has 0 aromatic rings. The van der Waals surface area contributed by atoms with Gasteiger partial charge in [-0.15, -0.1) is 0 Å². The van der Waals surface area contributed by atoms with Crippen molar-refractivity contribution in [2.24, 2.45) is 28.6 Å². The maximum atomic E-state index is 13.1. The molecule has 4 nitrogen and oxygen atoms in total. The van der Waals surface area contributed by atoms with Crippen molar-refractivity contribution in [3.63, 3.8) is 0 Å². The van der Waals surface area contributed by atoms with Crippen LogP contribution in [0.5, 0.6) is 0 Å². The SMILES string of the molecule is CC(C)C1=CC(=O)C2(C)C(=O)CC3(C)C[C@@H](O)[C@]4(C)OC4C[C@@H]3C12. The summed E-state index contributed by atoms with van der Waals surface area (Å²) in [5.41, 5.74) is -0.529. The van der Waals surface area contributed by atoms with E-state index in [1.54, 1.807) is 6.08 Å². The molecule has 0 bridgehead atoms. The standard InChI is InChI=1S/C20H28O4/c1-10(2)11-6-13(21)19(4)14(22)8-18(3)9-15(23)20(5)16(24-20)7-12(18)17(11)19/h6,10,12,15-17,23H,7-9H2,1-5H3/t12-,15-,16?,17?,18?,19?,20+/m1/s1. The first kappa shape index (κ1) is 16.5. The fourth-order valence-corrected chi connectivity index (χ4v) is 5.80. The molecular weight excluding hydrogens is 304 g/mol. The van der Waals surface area contributed by atoms with Crippen LogP contribution >= 0.6 is 0 Å². The summed E-state index contributed by atoms with van der Waals surface area (Å²) in [6.45, 7) is 10.2. The van der Waals surface area contributed by atoms with Crippen LogP contribution in [0.15, 0.2) is 11.6 Å². The highest BCUT2D eigenvalue weighted by atomic mass is 16.6. The third kappa shape index (κ3) is 1.82. The molecule has 3 fully saturated rings. The molecule has 0 amide bonds. The molecule has 0 aromatic carbocycles. The Bertz CT molecular complexity index is 665. The lowest BCUT2D eigenvalue weighted by atomic mass is 9.50. The summed E-state index contributed by atoms with van der Waals surface area (Å²) in [5.74, 6) is 0.430. The number of allylic oxidation sites excluding steroid dienone is 2. The van der Waals surface area contributed by atoms with E-state index in [1.165, 1.54) is 0 Å². The number of Topliss-reactive ketones (excluding diaryl/α,β-unsaturated/α-hetero) is 1. The van der Waals surface area contributed by atoms with E-state index in [9.17, 15) is 14.7 Å². The van der Waals surface area contributed by atoms with Crippen molar-refractivity contribution < 1.29 is 19.4 Å². The molecule has 24 heavy (non-hydrogen) atoms. The zero-order valence-electron chi connectivity index (χ0n) is 15.3. The number of rotatable bonds is 1. The fourth-order valence-electron chi connectivity index (χ4n) is 5.80. The Morgan fingerprint density at radius 3 is 2.54 bits per heavy atom. The monoisotopic (exact) mass is 332 g/mol. The number of carbonyl (C=O) groups is 2. The van der Waals surface area contributed by atoms with Crippen molar-refractivity contribution >= 4 is 11.6 Å². The molecule has 1 saturated heterocycles. The zero-order chi connectivity index (χ0) is 17.7. The Balaban J connectivity index is 1.83. The normalized spacial score (nSPS) is 53.2. The number of aliphatic hydroxyl groups excluding tert-OH is 1. The predicted octanol–water partition coefficient (Wildman–Crippen LogP) is 2.68. The molecule has 4 aliphatic rings. The Hall–Kier alpha value is -1.00. The second-order valence-corrected chi connectivity index (χ2v) is 9.45. The van der Waals surface area contributed by atoms with Gasteiger partial charge in [0.05, 0.1) is 17.6 Å². The van der Waals surface area contributed by atoms with Crippen LogP contribution in [0.25, 0.3) is 0 Å². The summed E-state index contributed by atoms with van der Waals surface area (Å²) in [4.78, 5) is 25.8. The van der Waals surface area contributed by atoms with E-state index in [0.717, 1.165) is 12.0 Å². The van der Waals surface area contributed by atoms with Crippen LogP contribution in [0.1, 0.15) is 53.9 Å². The van der Waals surface area contributed by atoms with Crippen LogP contribution in [0.3, 0.4) is 0 Å². The van der Waals surface area contributed by atoms with E-state index in [-0.39, 0.29) is 40.8 Å². The van der Waals surface area contributed by atoms with E-state index in [0.29, 0.717) is 12.8 Å². The number of aliphatic hydroxyl groups is 1. The number of hydrogen-bond donors (Lipinski definition) is 1. The number of fused-ring (bicyclic) bond motifs is 4. The molecule has 3 aliphatic carbocycles. The quantitative estimate of drug-likeness (QED) is 0.592. The summed E-state index contributed by atoms with van der Waals surface area (Å²) in [6.07, 6.45) is 3.03. The number of epoxide rings is 1. The van der Waals surface area contributed by atoms with Gasteiger partial charge in [-0.2, -0.15) is 0 Å². The molecule has 4 heteroatoms. The third-order valence-corrected chi connectivity index (χ3v) is 7.67. The van der Waals surface area contributed by atoms with Crippen molar-refractivity contribution in [1.82, 2.24) is 0 Å². The van der Waals surface area contributed by atoms with Crippen molar-refractivity contribution in [3.05, 3.63) is 11.6 Å². The van der Waals surface area contributed by atoms with Crippen LogP contribution in [0.2, 0.25) is 0 Å². The van der Waals surface area contributed by atoms with Gasteiger partial charge >= 0.3 is 0 Å². The van der Waals surface area contributed by atoms with Gasteiger partial charge in [-0.25, -0.2) is 0 Å². The van der Waals surface area contributed by atoms with Crippen molar-refractivity contribution in [3.8, 4) is 0 Å². The summed E-state index contributed by atoms with van der Waals surface area (Å²) in [6, 6.07) is 0. The van der Waals surface area contributed by atoms with Gasteiger partial charge in [-0.3, -0.25) is 9.59 Å². The summed E-state index contributed by atoms with van der Waals surface area (Å²) in [5, 5.41) is 10.7. The first-order chi connectivity index (χ1) is 11.0. The van der Waals surface area contributed by atoms with Gasteiger partial charge in [0.15, 0.2) is 5.78 Å². The van der Waals surface area contributed by atoms with Crippen LogP contribution in [0.4, 0.5) is 0 Å². The van der Waals surface area contributed by atoms with E-state index in [2.05, 4.69) is 20.8 Å². The van der Waals surface area contributed by atoms with Crippen molar-refractivity contribution in [2.75, 3.05) is 0 Å². The fraction of sp³-hybridized carbons (Fsp3) is 0.800. The van der Waals surface area contributed by atoms with Crippen molar-refractivity contribution in [1.29, 1.82) is 0 Å². The largest absolute Gasteiger partial charge is 0.390 e. The van der Waals surface area contributed by atoms with E-state index in [1.807, 2.05) is 13.8 Å². The molecule has 1 N–H and O–H groups in total. The average molecular weight is 332 g/mol. The molecule has 1 heterocycles. The molecule has 0 aromatic heterocycles. The number of carbonyl (C=O) groups excluding carboxylic acids is 2. The molecular formula is C20H28O4. The minimum Gasteiger partial charge on any atom is -0.390 e. The Labute approximate surface area is 143 Å². The van der Waals surface area contributed by atoms with Gasteiger partial charge in [-0.1, -0.05) is 26.3 Å². The molecule has 7 atom stereocenters. The summed E-state index contributed by atoms with van der Waals surface area (Å²) < 4.78 is 5.84. The van der Waals surface area contributed by atoms with Crippen LogP contribution < -0.4 is 0 Å². The van der Waals surface area contributed by atoms with Gasteiger partial charge in [0.25, 0.3) is 0 Å². The Morgan fingerprint density at radius 1 is 1.25 bits per heavy atom. The zero-order valence-corrected chi connectivity index (χ0v) is 15.3. The lowest BCUT2D eigenvalue weighted by Crippen LogP contribution is -2.54. The Kier molecular flexibility index (Phi) is 3.15. The lowest BCUT2D eigenvalue weighted by molar-refractivity contribution is -0.152. The average Bonchev–Trinajstić information content (AvgIpc) is 3.06. The first-order valence-electron chi connectivity index (χ1n) is 9.19.